The van der Waals surface area contributed by atoms with Crippen LogP contribution in [0.5, 0.6) is 0 Å². The number of hydrogen-bond donors (Lipinski definition) is 2. The van der Waals surface area contributed by atoms with E-state index in [1.807, 2.05) is 0 Å². The Morgan fingerprint density at radius 2 is 1.95 bits per heavy atom. The maximum absolute atomic E-state index is 13.5. The van der Waals surface area contributed by atoms with Crippen molar-refractivity contribution in [2.75, 3.05) is 6.54 Å². The Kier molecular flexibility index (Phi) is 4.34. The summed E-state index contributed by atoms with van der Waals surface area (Å²) in [7, 11) is 0. The summed E-state index contributed by atoms with van der Waals surface area (Å²) in [6, 6.07) is 2.53. The van der Waals surface area contributed by atoms with E-state index < -0.39 is 34.5 Å². The fourth-order valence-electron chi connectivity index (χ4n) is 1.77. The van der Waals surface area contributed by atoms with Crippen LogP contribution in [0.15, 0.2) is 29.0 Å². The Morgan fingerprint density at radius 3 is 2.48 bits per heavy atom. The molecule has 3 nitrogen and oxygen atoms in total. The standard InChI is InChI=1S/C14H12F3NO2S/c1-14(20,8-2-3-21-6-8)7-18-13(19)12-10(16)4-9(15)5-11(12)17/h2-6,20H,7H2,1H3,(H,18,19). The molecule has 2 rings (SSSR count). The third kappa shape index (κ3) is 3.43. The molecule has 1 heterocycles. The van der Waals surface area contributed by atoms with Gasteiger partial charge in [0.2, 0.25) is 0 Å². The Balaban J connectivity index is 2.13. The van der Waals surface area contributed by atoms with E-state index in [-0.39, 0.29) is 6.54 Å². The molecule has 1 aromatic heterocycles. The minimum atomic E-state index is -1.37. The Bertz CT molecular complexity index is 633. The highest BCUT2D eigenvalue weighted by molar-refractivity contribution is 7.08. The summed E-state index contributed by atoms with van der Waals surface area (Å²) in [6.07, 6.45) is 0. The molecule has 2 N–H and O–H groups in total. The SMILES string of the molecule is CC(O)(CNC(=O)c1c(F)cc(F)cc1F)c1ccsc1. The van der Waals surface area contributed by atoms with Crippen LogP contribution in [-0.4, -0.2) is 17.6 Å². The average molecular weight is 315 g/mol. The van der Waals surface area contributed by atoms with Gasteiger partial charge < -0.3 is 10.4 Å². The number of carbonyl (C=O) groups is 1. The van der Waals surface area contributed by atoms with E-state index in [2.05, 4.69) is 5.32 Å². The van der Waals surface area contributed by atoms with Crippen molar-refractivity contribution >= 4 is 17.2 Å². The number of rotatable bonds is 4. The first-order valence-electron chi connectivity index (χ1n) is 5.99. The lowest BCUT2D eigenvalue weighted by Gasteiger charge is -2.22. The zero-order valence-corrected chi connectivity index (χ0v) is 11.8. The molecule has 1 aromatic carbocycles. The van der Waals surface area contributed by atoms with Crippen molar-refractivity contribution in [1.82, 2.24) is 5.32 Å². The topological polar surface area (TPSA) is 49.3 Å². The molecule has 1 amide bonds. The average Bonchev–Trinajstić information content (AvgIpc) is 2.89. The smallest absolute Gasteiger partial charge is 0.257 e. The van der Waals surface area contributed by atoms with Gasteiger partial charge in [0, 0.05) is 12.1 Å². The summed E-state index contributed by atoms with van der Waals surface area (Å²) in [4.78, 5) is 11.8. The number of amides is 1. The molecule has 0 spiro atoms. The van der Waals surface area contributed by atoms with Gasteiger partial charge in [-0.05, 0) is 29.3 Å². The summed E-state index contributed by atoms with van der Waals surface area (Å²) in [5.74, 6) is -4.74. The Labute approximate surface area is 123 Å². The minimum Gasteiger partial charge on any atom is -0.384 e. The monoisotopic (exact) mass is 315 g/mol. The van der Waals surface area contributed by atoms with E-state index in [4.69, 9.17) is 0 Å². The van der Waals surface area contributed by atoms with Crippen LogP contribution in [0.2, 0.25) is 0 Å². The van der Waals surface area contributed by atoms with E-state index >= 15 is 0 Å². The van der Waals surface area contributed by atoms with Crippen molar-refractivity contribution in [3.63, 3.8) is 0 Å². The van der Waals surface area contributed by atoms with Crippen LogP contribution in [-0.2, 0) is 5.60 Å². The van der Waals surface area contributed by atoms with Crippen molar-refractivity contribution in [3.05, 3.63) is 57.5 Å². The summed E-state index contributed by atoms with van der Waals surface area (Å²) < 4.78 is 39.7. The first-order valence-corrected chi connectivity index (χ1v) is 6.93. The van der Waals surface area contributed by atoms with Crippen LogP contribution < -0.4 is 5.32 Å². The summed E-state index contributed by atoms with van der Waals surface area (Å²) in [5.41, 5.74) is -1.67. The van der Waals surface area contributed by atoms with Gasteiger partial charge in [-0.3, -0.25) is 4.79 Å². The van der Waals surface area contributed by atoms with E-state index in [1.54, 1.807) is 16.8 Å². The van der Waals surface area contributed by atoms with Crippen LogP contribution in [0.25, 0.3) is 0 Å². The van der Waals surface area contributed by atoms with Crippen molar-refractivity contribution in [1.29, 1.82) is 0 Å². The van der Waals surface area contributed by atoms with E-state index in [0.717, 1.165) is 0 Å². The molecule has 0 fully saturated rings. The van der Waals surface area contributed by atoms with Gasteiger partial charge in [-0.15, -0.1) is 0 Å². The highest BCUT2D eigenvalue weighted by atomic mass is 32.1. The predicted octanol–water partition coefficient (Wildman–Crippen LogP) is 2.80. The van der Waals surface area contributed by atoms with E-state index in [9.17, 15) is 23.1 Å². The molecule has 112 valence electrons. The highest BCUT2D eigenvalue weighted by Crippen LogP contribution is 2.22. The van der Waals surface area contributed by atoms with Crippen LogP contribution in [0, 0.1) is 17.5 Å². The van der Waals surface area contributed by atoms with Crippen molar-refractivity contribution in [3.8, 4) is 0 Å². The third-order valence-electron chi connectivity index (χ3n) is 2.97. The first kappa shape index (κ1) is 15.5. The number of halogens is 3. The second kappa shape index (κ2) is 5.87. The van der Waals surface area contributed by atoms with Gasteiger partial charge in [-0.1, -0.05) is 0 Å². The quantitative estimate of drug-likeness (QED) is 0.911. The van der Waals surface area contributed by atoms with Crippen LogP contribution in [0.4, 0.5) is 13.2 Å². The molecule has 0 aliphatic heterocycles. The van der Waals surface area contributed by atoms with Crippen molar-refractivity contribution < 1.29 is 23.1 Å². The van der Waals surface area contributed by atoms with Gasteiger partial charge in [0.05, 0.1) is 6.54 Å². The highest BCUT2D eigenvalue weighted by Gasteiger charge is 2.26. The van der Waals surface area contributed by atoms with Gasteiger partial charge in [-0.2, -0.15) is 11.3 Å². The molecule has 21 heavy (non-hydrogen) atoms. The zero-order chi connectivity index (χ0) is 15.6. The Morgan fingerprint density at radius 1 is 1.33 bits per heavy atom. The normalized spacial score (nSPS) is 13.8. The van der Waals surface area contributed by atoms with Crippen molar-refractivity contribution in [2.45, 2.75) is 12.5 Å². The summed E-state index contributed by atoms with van der Waals surface area (Å²) >= 11 is 1.37. The number of thiophene rings is 1. The number of aliphatic hydroxyl groups is 1. The fourth-order valence-corrected chi connectivity index (χ4v) is 2.56. The number of carbonyl (C=O) groups excluding carboxylic acids is 1. The van der Waals surface area contributed by atoms with Crippen LogP contribution in [0.3, 0.4) is 0 Å². The van der Waals surface area contributed by atoms with Gasteiger partial charge >= 0.3 is 0 Å². The molecule has 2 aromatic rings. The van der Waals surface area contributed by atoms with E-state index in [0.29, 0.717) is 17.7 Å². The number of hydrogen-bond acceptors (Lipinski definition) is 3. The molecule has 0 radical (unpaired) electrons. The van der Waals surface area contributed by atoms with Crippen LogP contribution in [0.1, 0.15) is 22.8 Å². The predicted molar refractivity (Wildman–Crippen MR) is 72.5 cm³/mol. The van der Waals surface area contributed by atoms with Crippen LogP contribution >= 0.6 is 11.3 Å². The maximum Gasteiger partial charge on any atom is 0.257 e. The molecule has 0 aliphatic carbocycles. The van der Waals surface area contributed by atoms with Gasteiger partial charge in [0.1, 0.15) is 28.6 Å². The summed E-state index contributed by atoms with van der Waals surface area (Å²) in [5, 5.41) is 15.9. The van der Waals surface area contributed by atoms with Gasteiger partial charge in [0.15, 0.2) is 0 Å². The maximum atomic E-state index is 13.5. The van der Waals surface area contributed by atoms with Crippen molar-refractivity contribution in [2.24, 2.45) is 0 Å². The number of nitrogens with one attached hydrogen (secondary N) is 1. The summed E-state index contributed by atoms with van der Waals surface area (Å²) in [6.45, 7) is 1.23. The lowest BCUT2D eigenvalue weighted by atomic mass is 9.99. The lowest BCUT2D eigenvalue weighted by molar-refractivity contribution is 0.0527. The molecule has 0 saturated heterocycles. The van der Waals surface area contributed by atoms with E-state index in [1.165, 1.54) is 18.3 Å². The molecular formula is C14H12F3NO2S. The Hall–Kier alpha value is -1.86. The van der Waals surface area contributed by atoms with Gasteiger partial charge in [0.25, 0.3) is 5.91 Å². The molecule has 7 heteroatoms. The zero-order valence-electron chi connectivity index (χ0n) is 11.0. The molecular weight excluding hydrogens is 303 g/mol. The lowest BCUT2D eigenvalue weighted by Crippen LogP contribution is -2.39. The largest absolute Gasteiger partial charge is 0.384 e. The molecule has 0 saturated carbocycles. The number of benzene rings is 1. The molecule has 1 atom stereocenters. The molecule has 0 bridgehead atoms. The molecule has 0 aliphatic rings. The second-order valence-corrected chi connectivity index (χ2v) is 5.49. The second-order valence-electron chi connectivity index (χ2n) is 4.71. The third-order valence-corrected chi connectivity index (χ3v) is 3.65. The fraction of sp³-hybridized carbons (Fsp3) is 0.214. The van der Waals surface area contributed by atoms with Gasteiger partial charge in [-0.25, -0.2) is 13.2 Å². The molecule has 1 unspecified atom stereocenters. The minimum absolute atomic E-state index is 0.237. The first-order chi connectivity index (χ1) is 9.81.